The summed E-state index contributed by atoms with van der Waals surface area (Å²) in [4.78, 5) is 26.0. The van der Waals surface area contributed by atoms with E-state index in [9.17, 15) is 18.0 Å². The fourth-order valence-electron chi connectivity index (χ4n) is 3.35. The molecule has 156 valence electrons. The van der Waals surface area contributed by atoms with Gasteiger partial charge in [0.15, 0.2) is 9.84 Å². The summed E-state index contributed by atoms with van der Waals surface area (Å²) in [6.45, 7) is 0.864. The van der Waals surface area contributed by atoms with Crippen molar-refractivity contribution in [3.05, 3.63) is 65.2 Å². The second-order valence-corrected chi connectivity index (χ2v) is 9.35. The Hall–Kier alpha value is -3.18. The maximum atomic E-state index is 12.3. The molecule has 30 heavy (non-hydrogen) atoms. The Labute approximate surface area is 176 Å². The van der Waals surface area contributed by atoms with Gasteiger partial charge in [-0.2, -0.15) is 5.26 Å². The first-order valence-corrected chi connectivity index (χ1v) is 11.5. The van der Waals surface area contributed by atoms with Gasteiger partial charge in [0, 0.05) is 25.2 Å². The first kappa shape index (κ1) is 21.5. The quantitative estimate of drug-likeness (QED) is 0.732. The molecular weight excluding hydrogens is 402 g/mol. The van der Waals surface area contributed by atoms with Gasteiger partial charge >= 0.3 is 0 Å². The van der Waals surface area contributed by atoms with Crippen molar-refractivity contribution in [2.75, 3.05) is 17.2 Å². The molecule has 2 amide bonds. The predicted molar refractivity (Wildman–Crippen MR) is 113 cm³/mol. The number of benzene rings is 2. The van der Waals surface area contributed by atoms with E-state index in [1.807, 2.05) is 30.3 Å². The molecule has 3 rings (SSSR count). The van der Waals surface area contributed by atoms with Crippen molar-refractivity contribution in [1.82, 2.24) is 5.32 Å². The second-order valence-electron chi connectivity index (χ2n) is 7.29. The zero-order valence-corrected chi connectivity index (χ0v) is 17.3. The zero-order valence-electron chi connectivity index (χ0n) is 16.5. The third-order valence-corrected chi connectivity index (χ3v) is 6.33. The van der Waals surface area contributed by atoms with E-state index in [1.165, 1.54) is 0 Å². The summed E-state index contributed by atoms with van der Waals surface area (Å²) in [5.41, 5.74) is 2.56. The van der Waals surface area contributed by atoms with Gasteiger partial charge in [0.2, 0.25) is 11.8 Å². The number of nitriles is 1. The standard InChI is InChI=1S/C22H23N3O4S/c23-13-17-7-9-18(10-8-17)15-30(28,29)16-21(26)24-14-19-4-3-5-20(12-19)25-11-2-1-6-22(25)27/h3-5,7-10,12H,1-2,6,11,14-16H2,(H,24,26). The van der Waals surface area contributed by atoms with E-state index in [-0.39, 0.29) is 18.2 Å². The summed E-state index contributed by atoms with van der Waals surface area (Å²) >= 11 is 0. The molecule has 1 fully saturated rings. The van der Waals surface area contributed by atoms with Crippen molar-refractivity contribution in [2.24, 2.45) is 0 Å². The highest BCUT2D eigenvalue weighted by Gasteiger charge is 2.20. The lowest BCUT2D eigenvalue weighted by atomic mass is 10.1. The monoisotopic (exact) mass is 425 g/mol. The van der Waals surface area contributed by atoms with Crippen LogP contribution in [-0.4, -0.2) is 32.5 Å². The molecule has 1 heterocycles. The molecular formula is C22H23N3O4S. The van der Waals surface area contributed by atoms with Crippen LogP contribution in [0.5, 0.6) is 0 Å². The van der Waals surface area contributed by atoms with Crippen molar-refractivity contribution < 1.29 is 18.0 Å². The normalized spacial score (nSPS) is 14.2. The minimum atomic E-state index is -3.64. The molecule has 0 saturated carbocycles. The lowest BCUT2D eigenvalue weighted by Gasteiger charge is -2.27. The SMILES string of the molecule is N#Cc1ccc(CS(=O)(=O)CC(=O)NCc2cccc(N3CCCCC3=O)c2)cc1. The fourth-order valence-corrected chi connectivity index (χ4v) is 4.65. The van der Waals surface area contributed by atoms with Crippen molar-refractivity contribution in [1.29, 1.82) is 5.26 Å². The summed E-state index contributed by atoms with van der Waals surface area (Å²) in [5, 5.41) is 11.4. The topological polar surface area (TPSA) is 107 Å². The van der Waals surface area contributed by atoms with Crippen molar-refractivity contribution in [3.8, 4) is 6.07 Å². The minimum absolute atomic E-state index is 0.0938. The molecule has 8 heteroatoms. The van der Waals surface area contributed by atoms with Crippen LogP contribution in [0, 0.1) is 11.3 Å². The second kappa shape index (κ2) is 9.55. The third-order valence-electron chi connectivity index (χ3n) is 4.86. The van der Waals surface area contributed by atoms with Crippen LogP contribution in [0.4, 0.5) is 5.69 Å². The Kier molecular flexibility index (Phi) is 6.85. The summed E-state index contributed by atoms with van der Waals surface area (Å²) in [5.74, 6) is -1.37. The van der Waals surface area contributed by atoms with E-state index in [2.05, 4.69) is 5.32 Å². The summed E-state index contributed by atoms with van der Waals surface area (Å²) in [6, 6.07) is 15.6. The number of hydrogen-bond acceptors (Lipinski definition) is 5. The molecule has 7 nitrogen and oxygen atoms in total. The largest absolute Gasteiger partial charge is 0.351 e. The van der Waals surface area contributed by atoms with Crippen molar-refractivity contribution in [3.63, 3.8) is 0 Å². The van der Waals surface area contributed by atoms with E-state index >= 15 is 0 Å². The summed E-state index contributed by atoms with van der Waals surface area (Å²) < 4.78 is 24.6. The van der Waals surface area contributed by atoms with E-state index in [0.717, 1.165) is 24.1 Å². The Morgan fingerprint density at radius 3 is 2.57 bits per heavy atom. The molecule has 0 unspecified atom stereocenters. The molecule has 0 aromatic heterocycles. The summed E-state index contributed by atoms with van der Waals surface area (Å²) in [6.07, 6.45) is 2.41. The van der Waals surface area contributed by atoms with E-state index in [1.54, 1.807) is 29.2 Å². The molecule has 1 saturated heterocycles. The smallest absolute Gasteiger partial charge is 0.235 e. The average Bonchev–Trinajstić information content (AvgIpc) is 2.73. The highest BCUT2D eigenvalue weighted by molar-refractivity contribution is 7.91. The van der Waals surface area contributed by atoms with Gasteiger partial charge in [0.05, 0.1) is 17.4 Å². The van der Waals surface area contributed by atoms with Crippen LogP contribution in [0.1, 0.15) is 36.0 Å². The first-order chi connectivity index (χ1) is 14.4. The van der Waals surface area contributed by atoms with E-state index in [0.29, 0.717) is 24.1 Å². The number of sulfone groups is 1. The molecule has 0 spiro atoms. The van der Waals surface area contributed by atoms with Gasteiger partial charge in [0.25, 0.3) is 0 Å². The Morgan fingerprint density at radius 2 is 1.87 bits per heavy atom. The zero-order chi connectivity index (χ0) is 21.6. The molecule has 0 radical (unpaired) electrons. The van der Waals surface area contributed by atoms with Gasteiger partial charge in [-0.05, 0) is 48.2 Å². The Bertz CT molecular complexity index is 1070. The summed E-state index contributed by atoms with van der Waals surface area (Å²) in [7, 11) is -3.64. The van der Waals surface area contributed by atoms with Gasteiger partial charge in [-0.3, -0.25) is 9.59 Å². The predicted octanol–water partition coefficient (Wildman–Crippen LogP) is 2.31. The van der Waals surface area contributed by atoms with Crippen LogP contribution >= 0.6 is 0 Å². The number of rotatable bonds is 7. The number of carbonyl (C=O) groups is 2. The van der Waals surface area contributed by atoms with Crippen LogP contribution in [-0.2, 0) is 31.7 Å². The maximum Gasteiger partial charge on any atom is 0.235 e. The Balaban J connectivity index is 1.55. The number of amides is 2. The average molecular weight is 426 g/mol. The van der Waals surface area contributed by atoms with Crippen LogP contribution < -0.4 is 10.2 Å². The molecule has 2 aromatic rings. The van der Waals surface area contributed by atoms with E-state index < -0.39 is 21.5 Å². The Morgan fingerprint density at radius 1 is 1.10 bits per heavy atom. The molecule has 1 aliphatic rings. The fraction of sp³-hybridized carbons (Fsp3) is 0.318. The first-order valence-electron chi connectivity index (χ1n) is 9.72. The molecule has 0 bridgehead atoms. The van der Waals surface area contributed by atoms with Crippen molar-refractivity contribution in [2.45, 2.75) is 31.6 Å². The van der Waals surface area contributed by atoms with Crippen LogP contribution in [0.2, 0.25) is 0 Å². The number of hydrogen-bond donors (Lipinski definition) is 1. The molecule has 0 atom stereocenters. The van der Waals surface area contributed by atoms with Crippen LogP contribution in [0.25, 0.3) is 0 Å². The number of anilines is 1. The van der Waals surface area contributed by atoms with Gasteiger partial charge in [0.1, 0.15) is 5.75 Å². The van der Waals surface area contributed by atoms with Crippen LogP contribution in [0.3, 0.4) is 0 Å². The van der Waals surface area contributed by atoms with Gasteiger partial charge in [-0.1, -0.05) is 24.3 Å². The highest BCUT2D eigenvalue weighted by atomic mass is 32.2. The minimum Gasteiger partial charge on any atom is -0.351 e. The maximum absolute atomic E-state index is 12.3. The molecule has 1 aliphatic heterocycles. The number of carbonyl (C=O) groups excluding carboxylic acids is 2. The molecule has 1 N–H and O–H groups in total. The number of nitrogens with zero attached hydrogens (tertiary/aromatic N) is 2. The van der Waals surface area contributed by atoms with Crippen LogP contribution in [0.15, 0.2) is 48.5 Å². The van der Waals surface area contributed by atoms with Gasteiger partial charge < -0.3 is 10.2 Å². The third kappa shape index (κ3) is 5.91. The number of piperidine rings is 1. The highest BCUT2D eigenvalue weighted by Crippen LogP contribution is 2.21. The molecule has 0 aliphatic carbocycles. The van der Waals surface area contributed by atoms with E-state index in [4.69, 9.17) is 5.26 Å². The van der Waals surface area contributed by atoms with Gasteiger partial charge in [-0.25, -0.2) is 8.42 Å². The number of nitrogens with one attached hydrogen (secondary N) is 1. The lowest BCUT2D eigenvalue weighted by Crippen LogP contribution is -2.35. The van der Waals surface area contributed by atoms with Gasteiger partial charge in [-0.15, -0.1) is 0 Å². The molecule has 2 aromatic carbocycles. The lowest BCUT2D eigenvalue weighted by molar-refractivity contribution is -0.120. The van der Waals surface area contributed by atoms with Crippen molar-refractivity contribution >= 4 is 27.3 Å².